The van der Waals surface area contributed by atoms with Crippen molar-refractivity contribution in [2.75, 3.05) is 0 Å². The van der Waals surface area contributed by atoms with Gasteiger partial charge in [-0.25, -0.2) is 4.89 Å². The molecule has 1 N–H and O–H groups in total. The molecule has 2 atom stereocenters. The van der Waals surface area contributed by atoms with Crippen LogP contribution in [0.5, 0.6) is 0 Å². The first-order valence-electron chi connectivity index (χ1n) is 15.1. The van der Waals surface area contributed by atoms with Gasteiger partial charge in [0, 0.05) is 11.1 Å². The van der Waals surface area contributed by atoms with Crippen LogP contribution in [0.1, 0.15) is 38.9 Å². The van der Waals surface area contributed by atoms with Gasteiger partial charge in [-0.1, -0.05) is 164 Å². The Morgan fingerprint density at radius 3 is 1.57 bits per heavy atom. The van der Waals surface area contributed by atoms with Crippen molar-refractivity contribution in [2.45, 2.75) is 11.0 Å². The first kappa shape index (κ1) is 25.2. The first-order chi connectivity index (χ1) is 21.8. The van der Waals surface area contributed by atoms with Gasteiger partial charge in [0.05, 0.1) is 5.41 Å². The van der Waals surface area contributed by atoms with Crippen molar-refractivity contribution in [3.05, 3.63) is 203 Å². The lowest BCUT2D eigenvalue weighted by Crippen LogP contribution is -2.45. The summed E-state index contributed by atoms with van der Waals surface area (Å²) >= 11 is 0. The van der Waals surface area contributed by atoms with E-state index in [1.54, 1.807) is 0 Å². The van der Waals surface area contributed by atoms with Crippen LogP contribution in [-0.2, 0) is 15.9 Å². The normalized spacial score (nSPS) is 19.3. The van der Waals surface area contributed by atoms with E-state index in [9.17, 15) is 5.26 Å². The molecule has 0 aliphatic heterocycles. The number of fused-ring (bicyclic) bond motifs is 7. The molecule has 9 rings (SSSR count). The molecule has 0 saturated carbocycles. The van der Waals surface area contributed by atoms with E-state index in [0.29, 0.717) is 0 Å². The molecule has 7 aromatic carbocycles. The van der Waals surface area contributed by atoms with Crippen molar-refractivity contribution < 1.29 is 10.1 Å². The van der Waals surface area contributed by atoms with Crippen LogP contribution in [-0.4, -0.2) is 5.26 Å². The summed E-state index contributed by atoms with van der Waals surface area (Å²) in [7, 11) is 0. The number of hydrogen-bond donors (Lipinski definition) is 1. The zero-order valence-corrected chi connectivity index (χ0v) is 23.9. The van der Waals surface area contributed by atoms with Gasteiger partial charge in [-0.2, -0.15) is 0 Å². The predicted molar refractivity (Wildman–Crippen MR) is 177 cm³/mol. The number of benzene rings is 7. The van der Waals surface area contributed by atoms with Crippen LogP contribution >= 0.6 is 0 Å². The van der Waals surface area contributed by atoms with Crippen molar-refractivity contribution in [2.24, 2.45) is 0 Å². The minimum atomic E-state index is -1.29. The van der Waals surface area contributed by atoms with Gasteiger partial charge >= 0.3 is 0 Å². The summed E-state index contributed by atoms with van der Waals surface area (Å²) in [6.45, 7) is 0. The van der Waals surface area contributed by atoms with Crippen LogP contribution in [0, 0.1) is 0 Å². The second-order valence-corrected chi connectivity index (χ2v) is 11.8. The van der Waals surface area contributed by atoms with Gasteiger partial charge in [0.2, 0.25) is 0 Å². The molecule has 0 heterocycles. The maximum absolute atomic E-state index is 11.5. The van der Waals surface area contributed by atoms with E-state index in [1.165, 1.54) is 33.2 Å². The monoisotopic (exact) mass is 564 g/mol. The first-order valence-corrected chi connectivity index (χ1v) is 15.1. The van der Waals surface area contributed by atoms with E-state index in [1.807, 2.05) is 18.2 Å². The summed E-state index contributed by atoms with van der Waals surface area (Å²) < 4.78 is 0. The second kappa shape index (κ2) is 9.36. The van der Waals surface area contributed by atoms with Crippen LogP contribution in [0.2, 0.25) is 0 Å². The van der Waals surface area contributed by atoms with Crippen LogP contribution in [0.15, 0.2) is 164 Å². The maximum Gasteiger partial charge on any atom is 0.180 e. The van der Waals surface area contributed by atoms with Crippen molar-refractivity contribution >= 4 is 10.8 Å². The van der Waals surface area contributed by atoms with Crippen molar-refractivity contribution in [3.63, 3.8) is 0 Å². The van der Waals surface area contributed by atoms with Gasteiger partial charge < -0.3 is 0 Å². The molecular weight excluding hydrogens is 536 g/mol. The molecule has 7 aromatic rings. The minimum Gasteiger partial charge on any atom is -0.250 e. The molecule has 0 amide bonds. The maximum atomic E-state index is 11.5. The molecule has 0 radical (unpaired) electrons. The highest BCUT2D eigenvalue weighted by Crippen LogP contribution is 2.67. The van der Waals surface area contributed by atoms with Crippen molar-refractivity contribution in [3.8, 4) is 22.3 Å². The average molecular weight is 565 g/mol. The lowest BCUT2D eigenvalue weighted by Gasteiger charge is -2.48. The molecule has 0 bridgehead atoms. The van der Waals surface area contributed by atoms with E-state index >= 15 is 0 Å². The van der Waals surface area contributed by atoms with Crippen LogP contribution in [0.25, 0.3) is 33.0 Å². The fraction of sp³-hybridized carbons (Fsp3) is 0.0476. The topological polar surface area (TPSA) is 29.5 Å². The zero-order valence-electron chi connectivity index (χ0n) is 23.9. The molecule has 0 spiro atoms. The molecule has 2 unspecified atom stereocenters. The van der Waals surface area contributed by atoms with E-state index in [2.05, 4.69) is 146 Å². The third-order valence-corrected chi connectivity index (χ3v) is 9.84. The third-order valence-electron chi connectivity index (χ3n) is 9.84. The summed E-state index contributed by atoms with van der Waals surface area (Å²) in [6, 6.07) is 57.7. The molecule has 0 fully saturated rings. The standard InChI is InChI=1S/C42H28O2/c43-44-42(30-20-8-3-9-21-30)36-27-15-14-26-35(36)41(29-18-6-2-7-19-29)34-25-13-12-24-33(34)38-32-23-11-10-22-31(32)37(40(42)39(38)41)28-16-4-1-5-17-28/h1-27,43H. The Morgan fingerprint density at radius 2 is 0.909 bits per heavy atom. The zero-order chi connectivity index (χ0) is 29.3. The average Bonchev–Trinajstić information content (AvgIpc) is 3.42. The molecule has 0 aromatic heterocycles. The SMILES string of the molecule is OOC1(c2ccccc2)c2ccccc2C2(c3ccccc3)c3ccccc3-c3c2c1c(-c1ccccc1)c1ccccc31. The van der Waals surface area contributed by atoms with Gasteiger partial charge in [-0.3, -0.25) is 5.26 Å². The highest BCUT2D eigenvalue weighted by atomic mass is 17.1. The summed E-state index contributed by atoms with van der Waals surface area (Å²) in [6.07, 6.45) is 0. The Morgan fingerprint density at radius 1 is 0.409 bits per heavy atom. The van der Waals surface area contributed by atoms with Gasteiger partial charge in [0.1, 0.15) is 0 Å². The fourth-order valence-electron chi connectivity index (χ4n) is 8.31. The van der Waals surface area contributed by atoms with E-state index < -0.39 is 11.0 Å². The smallest absolute Gasteiger partial charge is 0.180 e. The highest BCUT2D eigenvalue weighted by molar-refractivity contribution is 6.13. The Bertz CT molecular complexity index is 2210. The molecule has 208 valence electrons. The van der Waals surface area contributed by atoms with E-state index in [4.69, 9.17) is 4.89 Å². The lowest BCUT2D eigenvalue weighted by molar-refractivity contribution is -0.303. The Kier molecular flexibility index (Phi) is 5.37. The van der Waals surface area contributed by atoms with Gasteiger partial charge in [-0.05, 0) is 60.8 Å². The van der Waals surface area contributed by atoms with Crippen LogP contribution in [0.3, 0.4) is 0 Å². The molecule has 2 aliphatic carbocycles. The largest absolute Gasteiger partial charge is 0.250 e. The molecule has 0 saturated heterocycles. The third kappa shape index (κ3) is 3.01. The fourth-order valence-corrected chi connectivity index (χ4v) is 8.31. The van der Waals surface area contributed by atoms with Gasteiger partial charge in [0.15, 0.2) is 5.60 Å². The molecular formula is C42H28O2. The Balaban J connectivity index is 1.64. The quantitative estimate of drug-likeness (QED) is 0.170. The van der Waals surface area contributed by atoms with Crippen molar-refractivity contribution in [1.29, 1.82) is 0 Å². The molecule has 2 nitrogen and oxygen atoms in total. The second-order valence-electron chi connectivity index (χ2n) is 11.8. The highest BCUT2D eigenvalue weighted by Gasteiger charge is 2.59. The Hall–Kier alpha value is -5.28. The number of hydrogen-bond acceptors (Lipinski definition) is 2. The Labute approximate surface area is 256 Å². The summed E-state index contributed by atoms with van der Waals surface area (Å²) in [5, 5.41) is 13.8. The predicted octanol–water partition coefficient (Wildman–Crippen LogP) is 9.96. The molecule has 2 heteroatoms. The summed E-state index contributed by atoms with van der Waals surface area (Å²) in [5.41, 5.74) is 10.1. The number of rotatable bonds is 4. The van der Waals surface area contributed by atoms with Crippen LogP contribution < -0.4 is 0 Å². The lowest BCUT2D eigenvalue weighted by atomic mass is 9.56. The van der Waals surface area contributed by atoms with E-state index in [0.717, 1.165) is 38.8 Å². The van der Waals surface area contributed by atoms with Crippen LogP contribution in [0.4, 0.5) is 0 Å². The van der Waals surface area contributed by atoms with Crippen molar-refractivity contribution in [1.82, 2.24) is 0 Å². The summed E-state index contributed by atoms with van der Waals surface area (Å²) in [5.74, 6) is 0. The molecule has 2 aliphatic rings. The minimum absolute atomic E-state index is 0.635. The van der Waals surface area contributed by atoms with Gasteiger partial charge in [-0.15, -0.1) is 0 Å². The molecule has 44 heavy (non-hydrogen) atoms. The van der Waals surface area contributed by atoms with Gasteiger partial charge in [0.25, 0.3) is 0 Å². The summed E-state index contributed by atoms with van der Waals surface area (Å²) in [4.78, 5) is 6.04. The van der Waals surface area contributed by atoms with E-state index in [-0.39, 0.29) is 0 Å².